The number of unbranched alkanes of at least 4 members (excludes halogenated alkanes) is 1. The third kappa shape index (κ3) is 6.26. The Kier molecular flexibility index (Phi) is 6.88. The predicted molar refractivity (Wildman–Crippen MR) is 65.3 cm³/mol. The molecule has 0 bridgehead atoms. The van der Waals surface area contributed by atoms with Crippen LogP contribution < -0.4 is 5.32 Å². The molecule has 0 heterocycles. The second-order valence-electron chi connectivity index (χ2n) is 4.39. The van der Waals surface area contributed by atoms with Crippen molar-refractivity contribution >= 4 is 13.0 Å². The molecule has 0 aliphatic carbocycles. The topological polar surface area (TPSA) is 69.6 Å². The minimum absolute atomic E-state index is 0.0209. The first-order valence-corrected chi connectivity index (χ1v) is 8.19. The Hall–Kier alpha value is -0.380. The van der Waals surface area contributed by atoms with Crippen molar-refractivity contribution in [2.45, 2.75) is 32.0 Å². The van der Waals surface area contributed by atoms with Crippen molar-refractivity contribution in [3.05, 3.63) is 0 Å². The highest BCUT2D eigenvalue weighted by atomic mass is 31.2. The van der Waals surface area contributed by atoms with Gasteiger partial charge in [0.1, 0.15) is 0 Å². The molecular weight excluding hydrogens is 227 g/mol. The van der Waals surface area contributed by atoms with Crippen LogP contribution in [-0.4, -0.2) is 48.9 Å². The maximum Gasteiger partial charge on any atom is 0.259 e. The summed E-state index contributed by atoms with van der Waals surface area (Å²) in [6.07, 6.45) is 2.81. The Morgan fingerprint density at radius 1 is 1.50 bits per heavy atom. The zero-order valence-electron chi connectivity index (χ0n) is 10.6. The highest BCUT2D eigenvalue weighted by molar-refractivity contribution is 7.63. The number of hydrogen-bond donors (Lipinski definition) is 2. The van der Waals surface area contributed by atoms with Gasteiger partial charge in [0.15, 0.2) is 0 Å². The van der Waals surface area contributed by atoms with E-state index in [2.05, 4.69) is 12.2 Å². The summed E-state index contributed by atoms with van der Waals surface area (Å²) in [6.45, 7) is 5.52. The third-order valence-electron chi connectivity index (χ3n) is 2.43. The van der Waals surface area contributed by atoms with E-state index in [-0.39, 0.29) is 12.3 Å². The van der Waals surface area contributed by atoms with E-state index in [1.807, 2.05) is 0 Å². The summed E-state index contributed by atoms with van der Waals surface area (Å²) in [5.74, 6) is -0.564. The molecule has 0 aliphatic rings. The molecule has 0 fully saturated rings. The van der Waals surface area contributed by atoms with Gasteiger partial charge in [0.05, 0.1) is 19.5 Å². The fourth-order valence-electron chi connectivity index (χ4n) is 1.35. The normalized spacial score (nSPS) is 13.6. The molecule has 0 rings (SSSR count). The zero-order chi connectivity index (χ0) is 12.8. The zero-order valence-corrected chi connectivity index (χ0v) is 11.5. The molecule has 96 valence electrons. The number of nitrogens with one attached hydrogen (secondary N) is 1. The van der Waals surface area contributed by atoms with E-state index in [0.717, 1.165) is 19.3 Å². The van der Waals surface area contributed by atoms with Crippen LogP contribution in [0.4, 0.5) is 0 Å². The van der Waals surface area contributed by atoms with Crippen molar-refractivity contribution in [3.8, 4) is 0 Å². The van der Waals surface area contributed by atoms with E-state index >= 15 is 0 Å². The Morgan fingerprint density at radius 2 is 2.06 bits per heavy atom. The van der Waals surface area contributed by atoms with Crippen molar-refractivity contribution in [3.63, 3.8) is 0 Å². The summed E-state index contributed by atoms with van der Waals surface area (Å²) in [5.41, 5.74) is 0. The number of likely N-dealkylation sites (N-methyl/N-ethyl adjacent to an activating group) is 1. The van der Waals surface area contributed by atoms with Gasteiger partial charge in [0.25, 0.3) is 5.91 Å². The Labute approximate surface area is 97.5 Å². The van der Waals surface area contributed by atoms with Crippen LogP contribution in [0.5, 0.6) is 0 Å². The van der Waals surface area contributed by atoms with Crippen LogP contribution in [0.15, 0.2) is 0 Å². The second kappa shape index (κ2) is 7.05. The molecule has 0 radical (unpaired) electrons. The quantitative estimate of drug-likeness (QED) is 0.409. The minimum Gasteiger partial charge on any atom is -0.323 e. The number of rotatable bonds is 7. The van der Waals surface area contributed by atoms with Crippen LogP contribution in [0.2, 0.25) is 0 Å². The van der Waals surface area contributed by atoms with Crippen LogP contribution in [-0.2, 0) is 9.36 Å². The molecule has 1 unspecified atom stereocenters. The molecule has 0 aromatic carbocycles. The van der Waals surface area contributed by atoms with Crippen LogP contribution in [0.1, 0.15) is 26.2 Å². The summed E-state index contributed by atoms with van der Waals surface area (Å²) in [5, 5.41) is 12.4. The molecule has 1 atom stereocenters. The van der Waals surface area contributed by atoms with Gasteiger partial charge in [-0.1, -0.05) is 19.8 Å². The average molecular weight is 250 g/mol. The van der Waals surface area contributed by atoms with Gasteiger partial charge >= 0.3 is 0 Å². The first kappa shape index (κ1) is 15.6. The molecule has 5 nitrogen and oxygen atoms in total. The molecule has 1 amide bonds. The number of nitrogens with zero attached hydrogens (tertiary/aromatic N) is 1. The number of carbonyl (C=O) groups excluding carboxylic acids is 1. The van der Waals surface area contributed by atoms with Crippen molar-refractivity contribution in [2.24, 2.45) is 0 Å². The molecule has 0 aliphatic heterocycles. The van der Waals surface area contributed by atoms with Crippen LogP contribution in [0, 0.1) is 0 Å². The average Bonchev–Trinajstić information content (AvgIpc) is 2.15. The molecule has 16 heavy (non-hydrogen) atoms. The van der Waals surface area contributed by atoms with Gasteiger partial charge in [-0.25, -0.2) is 5.06 Å². The van der Waals surface area contributed by atoms with Crippen molar-refractivity contribution < 1.29 is 14.6 Å². The van der Waals surface area contributed by atoms with Crippen LogP contribution >= 0.6 is 7.14 Å². The number of hydrogen-bond acceptors (Lipinski definition) is 4. The van der Waals surface area contributed by atoms with Gasteiger partial charge in [-0.15, -0.1) is 0 Å². The molecule has 2 N–H and O–H groups in total. The highest BCUT2D eigenvalue weighted by Gasteiger charge is 2.23. The predicted octanol–water partition coefficient (Wildman–Crippen LogP) is 1.56. The van der Waals surface area contributed by atoms with E-state index in [0.29, 0.717) is 5.06 Å². The van der Waals surface area contributed by atoms with Gasteiger partial charge in [-0.05, 0) is 19.8 Å². The lowest BCUT2D eigenvalue weighted by Crippen LogP contribution is -2.38. The Balaban J connectivity index is 4.23. The first-order chi connectivity index (χ1) is 7.29. The van der Waals surface area contributed by atoms with Crippen LogP contribution in [0.3, 0.4) is 0 Å². The summed E-state index contributed by atoms with van der Waals surface area (Å²) < 4.78 is 12.0. The minimum atomic E-state index is -2.26. The maximum atomic E-state index is 12.0. The van der Waals surface area contributed by atoms with E-state index in [4.69, 9.17) is 5.21 Å². The molecule has 0 saturated heterocycles. The largest absolute Gasteiger partial charge is 0.323 e. The van der Waals surface area contributed by atoms with E-state index in [1.165, 1.54) is 7.05 Å². The summed E-state index contributed by atoms with van der Waals surface area (Å²) in [4.78, 5) is 11.2. The summed E-state index contributed by atoms with van der Waals surface area (Å²) >= 11 is 0. The van der Waals surface area contributed by atoms with E-state index < -0.39 is 13.0 Å². The van der Waals surface area contributed by atoms with Gasteiger partial charge in [0, 0.05) is 7.05 Å². The van der Waals surface area contributed by atoms with Crippen molar-refractivity contribution in [1.29, 1.82) is 0 Å². The van der Waals surface area contributed by atoms with E-state index in [1.54, 1.807) is 13.3 Å². The molecule has 6 heteroatoms. The number of carbonyl (C=O) groups is 1. The lowest BCUT2D eigenvalue weighted by molar-refractivity contribution is -0.158. The summed E-state index contributed by atoms with van der Waals surface area (Å²) in [7, 11) is -0.975. The van der Waals surface area contributed by atoms with Gasteiger partial charge in [-0.3, -0.25) is 15.3 Å². The molecule has 0 spiro atoms. The second-order valence-corrected chi connectivity index (χ2v) is 7.88. The number of hydroxylamine groups is 2. The van der Waals surface area contributed by atoms with E-state index in [9.17, 15) is 9.36 Å². The smallest absolute Gasteiger partial charge is 0.259 e. The first-order valence-electron chi connectivity index (χ1n) is 5.52. The van der Waals surface area contributed by atoms with Crippen LogP contribution in [0.25, 0.3) is 0 Å². The van der Waals surface area contributed by atoms with Gasteiger partial charge in [-0.2, -0.15) is 0 Å². The SMILES string of the molecule is CCCCC(NCC(=O)N(C)O)P(C)(C)=O. The molecular formula is C10H23N2O3P. The maximum absolute atomic E-state index is 12.0. The third-order valence-corrected chi connectivity index (χ3v) is 4.37. The monoisotopic (exact) mass is 250 g/mol. The fourth-order valence-corrected chi connectivity index (χ4v) is 2.69. The fraction of sp³-hybridized carbons (Fsp3) is 0.900. The van der Waals surface area contributed by atoms with Gasteiger partial charge < -0.3 is 4.57 Å². The molecule has 0 aromatic rings. The lowest BCUT2D eigenvalue weighted by Gasteiger charge is -2.23. The van der Waals surface area contributed by atoms with Crippen molar-refractivity contribution in [2.75, 3.05) is 26.9 Å². The van der Waals surface area contributed by atoms with Crippen molar-refractivity contribution in [1.82, 2.24) is 10.4 Å². The molecule has 0 aromatic heterocycles. The van der Waals surface area contributed by atoms with Gasteiger partial charge in [0.2, 0.25) is 0 Å². The number of amides is 1. The highest BCUT2D eigenvalue weighted by Crippen LogP contribution is 2.43. The standard InChI is InChI=1S/C10H23N2O3P/c1-5-6-7-9(16(3,4)15)11-8-10(13)12(2)14/h9,11,14H,5-8H2,1-4H3. The summed E-state index contributed by atoms with van der Waals surface area (Å²) in [6, 6.07) is 0. The lowest BCUT2D eigenvalue weighted by atomic mass is 10.2. The Morgan fingerprint density at radius 3 is 2.44 bits per heavy atom. The Bertz CT molecular complexity index is 263. The molecule has 0 saturated carbocycles.